The lowest BCUT2D eigenvalue weighted by atomic mass is 10.2. The van der Waals surface area contributed by atoms with Crippen molar-refractivity contribution in [1.82, 2.24) is 29.3 Å². The van der Waals surface area contributed by atoms with Crippen LogP contribution in [0.5, 0.6) is 0 Å². The number of urea groups is 1. The average molecular weight is 476 g/mol. The molecule has 0 spiro atoms. The smallest absolute Gasteiger partial charge is 0.321 e. The van der Waals surface area contributed by atoms with Gasteiger partial charge in [-0.25, -0.2) is 14.8 Å². The number of hydrogen-bond donors (Lipinski definition) is 1. The molecule has 1 N–H and O–H groups in total. The van der Waals surface area contributed by atoms with E-state index in [-0.39, 0.29) is 6.03 Å². The fraction of sp³-hybridized carbons (Fsp3) is 0.280. The lowest BCUT2D eigenvalue weighted by molar-refractivity contribution is 0.145. The van der Waals surface area contributed by atoms with Crippen LogP contribution in [0.1, 0.15) is 5.56 Å². The van der Waals surface area contributed by atoms with Gasteiger partial charge in [0.05, 0.1) is 0 Å². The van der Waals surface area contributed by atoms with Gasteiger partial charge in [0.2, 0.25) is 0 Å². The van der Waals surface area contributed by atoms with Crippen LogP contribution in [-0.2, 0) is 6.54 Å². The van der Waals surface area contributed by atoms with E-state index in [2.05, 4.69) is 24.8 Å². The maximum Gasteiger partial charge on any atom is 0.321 e. The number of halogens is 1. The molecule has 0 unspecified atom stereocenters. The van der Waals surface area contributed by atoms with Gasteiger partial charge in [-0.15, -0.1) is 0 Å². The molecule has 1 aliphatic heterocycles. The highest BCUT2D eigenvalue weighted by atomic mass is 35.5. The molecule has 0 aliphatic carbocycles. The van der Waals surface area contributed by atoms with Gasteiger partial charge in [0.15, 0.2) is 5.65 Å². The molecule has 1 saturated heterocycles. The maximum atomic E-state index is 12.8. The van der Waals surface area contributed by atoms with Gasteiger partial charge in [0, 0.05) is 74.1 Å². The minimum atomic E-state index is -0.0882. The first-order chi connectivity index (χ1) is 16.6. The third-order valence-corrected chi connectivity index (χ3v) is 6.66. The Bertz CT molecular complexity index is 1300. The summed E-state index contributed by atoms with van der Waals surface area (Å²) in [5.41, 5.74) is 4.41. The maximum absolute atomic E-state index is 12.8. The van der Waals surface area contributed by atoms with Crippen LogP contribution in [0.3, 0.4) is 0 Å². The third kappa shape index (κ3) is 4.60. The first-order valence-corrected chi connectivity index (χ1v) is 11.7. The molecule has 2 amide bonds. The number of nitrogens with zero attached hydrogens (tertiary/aromatic N) is 6. The van der Waals surface area contributed by atoms with E-state index in [1.54, 1.807) is 18.6 Å². The Morgan fingerprint density at radius 3 is 2.59 bits per heavy atom. The van der Waals surface area contributed by atoms with Gasteiger partial charge in [-0.3, -0.25) is 9.88 Å². The summed E-state index contributed by atoms with van der Waals surface area (Å²) >= 11 is 6.18. The zero-order valence-corrected chi connectivity index (χ0v) is 19.7. The van der Waals surface area contributed by atoms with E-state index < -0.39 is 0 Å². The van der Waals surface area contributed by atoms with Crippen LogP contribution in [0, 0.1) is 6.92 Å². The molecular formula is C25H26ClN7O. The second-order valence-corrected chi connectivity index (χ2v) is 8.75. The van der Waals surface area contributed by atoms with Crippen molar-refractivity contribution in [3.63, 3.8) is 0 Å². The standard InChI is InChI=1S/C25H26ClN7O/c1-18-20(26)4-2-5-21(18)30-25(34)32-15-12-31(13-16-32)14-17-33-23(19-7-10-27-11-8-19)29-22-6-3-9-28-24(22)33/h2-11H,12-17H2,1H3,(H,30,34). The topological polar surface area (TPSA) is 79.2 Å². The number of nitrogens with one attached hydrogen (secondary N) is 1. The van der Waals surface area contributed by atoms with Crippen LogP contribution in [0.25, 0.3) is 22.6 Å². The summed E-state index contributed by atoms with van der Waals surface area (Å²) in [5.74, 6) is 0.894. The Balaban J connectivity index is 1.22. The molecule has 8 nitrogen and oxygen atoms in total. The Morgan fingerprint density at radius 1 is 1.00 bits per heavy atom. The van der Waals surface area contributed by atoms with Gasteiger partial charge < -0.3 is 14.8 Å². The average Bonchev–Trinajstić information content (AvgIpc) is 3.25. The van der Waals surface area contributed by atoms with Crippen LogP contribution < -0.4 is 5.32 Å². The number of aromatic nitrogens is 4. The number of amides is 2. The number of pyridine rings is 2. The van der Waals surface area contributed by atoms with Crippen LogP contribution in [0.4, 0.5) is 10.5 Å². The summed E-state index contributed by atoms with van der Waals surface area (Å²) in [7, 11) is 0. The zero-order chi connectivity index (χ0) is 23.5. The first-order valence-electron chi connectivity index (χ1n) is 11.4. The highest BCUT2D eigenvalue weighted by Crippen LogP contribution is 2.24. The number of anilines is 1. The van der Waals surface area contributed by atoms with E-state index in [4.69, 9.17) is 16.6 Å². The van der Waals surface area contributed by atoms with E-state index in [0.717, 1.165) is 60.0 Å². The van der Waals surface area contributed by atoms with Crippen LogP contribution in [0.15, 0.2) is 61.1 Å². The van der Waals surface area contributed by atoms with Gasteiger partial charge in [-0.1, -0.05) is 17.7 Å². The van der Waals surface area contributed by atoms with Crippen molar-refractivity contribution in [2.75, 3.05) is 38.0 Å². The van der Waals surface area contributed by atoms with Crippen molar-refractivity contribution < 1.29 is 4.79 Å². The lowest BCUT2D eigenvalue weighted by Gasteiger charge is -2.35. The summed E-state index contributed by atoms with van der Waals surface area (Å²) in [6.45, 7) is 6.49. The molecule has 0 atom stereocenters. The number of piperazine rings is 1. The first kappa shape index (κ1) is 22.3. The number of hydrogen-bond acceptors (Lipinski definition) is 5. The monoisotopic (exact) mass is 475 g/mol. The molecular weight excluding hydrogens is 450 g/mol. The number of imidazole rings is 1. The summed E-state index contributed by atoms with van der Waals surface area (Å²) in [5, 5.41) is 3.64. The van der Waals surface area contributed by atoms with Gasteiger partial charge in [0.1, 0.15) is 11.3 Å². The Morgan fingerprint density at radius 2 is 1.79 bits per heavy atom. The fourth-order valence-corrected chi connectivity index (χ4v) is 4.42. The predicted octanol–water partition coefficient (Wildman–Crippen LogP) is 4.30. The molecule has 5 rings (SSSR count). The van der Waals surface area contributed by atoms with E-state index in [9.17, 15) is 4.79 Å². The van der Waals surface area contributed by atoms with Crippen molar-refractivity contribution >= 4 is 34.5 Å². The van der Waals surface area contributed by atoms with E-state index in [1.807, 2.05) is 54.3 Å². The van der Waals surface area contributed by atoms with E-state index >= 15 is 0 Å². The van der Waals surface area contributed by atoms with Crippen molar-refractivity contribution in [2.24, 2.45) is 0 Å². The highest BCUT2D eigenvalue weighted by Gasteiger charge is 2.22. The van der Waals surface area contributed by atoms with Gasteiger partial charge in [0.25, 0.3) is 0 Å². The summed E-state index contributed by atoms with van der Waals surface area (Å²) in [6, 6.07) is 13.3. The van der Waals surface area contributed by atoms with Crippen molar-refractivity contribution in [3.05, 3.63) is 71.6 Å². The molecule has 4 aromatic rings. The summed E-state index contributed by atoms with van der Waals surface area (Å²) in [6.07, 6.45) is 5.36. The third-order valence-electron chi connectivity index (χ3n) is 6.25. The number of fused-ring (bicyclic) bond motifs is 1. The number of benzene rings is 1. The highest BCUT2D eigenvalue weighted by molar-refractivity contribution is 6.31. The molecule has 9 heteroatoms. The summed E-state index contributed by atoms with van der Waals surface area (Å²) < 4.78 is 2.17. The van der Waals surface area contributed by atoms with E-state index in [0.29, 0.717) is 18.1 Å². The van der Waals surface area contributed by atoms with E-state index in [1.165, 1.54) is 0 Å². The molecule has 4 heterocycles. The molecule has 1 aromatic carbocycles. The van der Waals surface area contributed by atoms with Crippen LogP contribution in [-0.4, -0.2) is 68.1 Å². The molecule has 0 bridgehead atoms. The molecule has 0 radical (unpaired) electrons. The largest absolute Gasteiger partial charge is 0.322 e. The van der Waals surface area contributed by atoms with Gasteiger partial charge >= 0.3 is 6.03 Å². The van der Waals surface area contributed by atoms with Crippen molar-refractivity contribution in [3.8, 4) is 11.4 Å². The van der Waals surface area contributed by atoms with Crippen molar-refractivity contribution in [2.45, 2.75) is 13.5 Å². The molecule has 174 valence electrons. The minimum absolute atomic E-state index is 0.0882. The Kier molecular flexibility index (Phi) is 6.42. The molecule has 3 aromatic heterocycles. The normalized spacial score (nSPS) is 14.5. The number of carbonyl (C=O) groups is 1. The summed E-state index contributed by atoms with van der Waals surface area (Å²) in [4.78, 5) is 30.5. The number of rotatable bonds is 5. The molecule has 0 saturated carbocycles. The fourth-order valence-electron chi connectivity index (χ4n) is 4.24. The Hall–Kier alpha value is -3.49. The molecule has 34 heavy (non-hydrogen) atoms. The van der Waals surface area contributed by atoms with Crippen LogP contribution in [0.2, 0.25) is 5.02 Å². The quantitative estimate of drug-likeness (QED) is 0.465. The van der Waals surface area contributed by atoms with Crippen molar-refractivity contribution in [1.29, 1.82) is 0 Å². The minimum Gasteiger partial charge on any atom is -0.322 e. The molecule has 1 fully saturated rings. The second kappa shape index (κ2) is 9.79. The number of carbonyl (C=O) groups excluding carboxylic acids is 1. The Labute approximate surface area is 203 Å². The zero-order valence-electron chi connectivity index (χ0n) is 19.0. The van der Waals surface area contributed by atoms with Gasteiger partial charge in [-0.2, -0.15) is 0 Å². The lowest BCUT2D eigenvalue weighted by Crippen LogP contribution is -2.50. The second-order valence-electron chi connectivity index (χ2n) is 8.34. The predicted molar refractivity (Wildman–Crippen MR) is 134 cm³/mol. The van der Waals surface area contributed by atoms with Crippen LogP contribution >= 0.6 is 11.6 Å². The SMILES string of the molecule is Cc1c(Cl)cccc1NC(=O)N1CCN(CCn2c(-c3ccncc3)nc3cccnc32)CC1. The molecule has 1 aliphatic rings. The van der Waals surface area contributed by atoms with Gasteiger partial charge in [-0.05, 0) is 48.9 Å².